The predicted molar refractivity (Wildman–Crippen MR) is 120 cm³/mol. The zero-order chi connectivity index (χ0) is 20.9. The van der Waals surface area contributed by atoms with Crippen molar-refractivity contribution in [3.63, 3.8) is 0 Å². The van der Waals surface area contributed by atoms with E-state index in [4.69, 9.17) is 4.84 Å². The van der Waals surface area contributed by atoms with E-state index in [2.05, 4.69) is 58.7 Å². The summed E-state index contributed by atoms with van der Waals surface area (Å²) in [6.07, 6.45) is 4.20. The second kappa shape index (κ2) is 9.08. The van der Waals surface area contributed by atoms with Crippen molar-refractivity contribution in [2.75, 3.05) is 20.2 Å². The van der Waals surface area contributed by atoms with Crippen LogP contribution in [0.3, 0.4) is 0 Å². The van der Waals surface area contributed by atoms with E-state index in [9.17, 15) is 4.79 Å². The van der Waals surface area contributed by atoms with Gasteiger partial charge in [0.2, 0.25) is 5.91 Å². The van der Waals surface area contributed by atoms with Gasteiger partial charge >= 0.3 is 0 Å². The zero-order valence-corrected chi connectivity index (χ0v) is 17.5. The molecule has 0 aliphatic carbocycles. The molecule has 3 aromatic rings. The van der Waals surface area contributed by atoms with Crippen LogP contribution in [0.15, 0.2) is 65.9 Å². The van der Waals surface area contributed by atoms with Crippen molar-refractivity contribution in [2.24, 2.45) is 11.1 Å². The number of piperidine rings is 1. The van der Waals surface area contributed by atoms with Gasteiger partial charge < -0.3 is 9.74 Å². The summed E-state index contributed by atoms with van der Waals surface area (Å²) in [6.45, 7) is 3.48. The van der Waals surface area contributed by atoms with Crippen LogP contribution in [0.5, 0.6) is 0 Å². The highest BCUT2D eigenvalue weighted by Gasteiger charge is 2.26. The van der Waals surface area contributed by atoms with Gasteiger partial charge in [-0.05, 0) is 41.7 Å². The van der Waals surface area contributed by atoms with Crippen LogP contribution in [-0.2, 0) is 9.63 Å². The lowest BCUT2D eigenvalue weighted by atomic mass is 9.87. The van der Waals surface area contributed by atoms with Gasteiger partial charge in [0.05, 0.1) is 11.2 Å². The molecule has 1 aliphatic rings. The largest absolute Gasteiger partial charge is 0.399 e. The number of hydrogen-bond acceptors (Lipinski definition) is 4. The smallest absolute Gasteiger partial charge is 0.222 e. The van der Waals surface area contributed by atoms with E-state index < -0.39 is 0 Å². The van der Waals surface area contributed by atoms with Crippen LogP contribution in [0.2, 0.25) is 0 Å². The number of hydrogen-bond donors (Lipinski definition) is 0. The molecule has 1 saturated heterocycles. The molecule has 5 nitrogen and oxygen atoms in total. The zero-order valence-electron chi connectivity index (χ0n) is 17.5. The van der Waals surface area contributed by atoms with E-state index in [1.807, 2.05) is 24.1 Å². The molecule has 0 saturated carbocycles. The van der Waals surface area contributed by atoms with Crippen molar-refractivity contribution in [2.45, 2.75) is 26.2 Å². The van der Waals surface area contributed by atoms with Gasteiger partial charge in [-0.15, -0.1) is 0 Å². The number of fused-ring (bicyclic) bond motifs is 1. The Morgan fingerprint density at radius 1 is 1.10 bits per heavy atom. The van der Waals surface area contributed by atoms with E-state index in [0.717, 1.165) is 59.2 Å². The molecule has 0 N–H and O–H groups in total. The van der Waals surface area contributed by atoms with E-state index >= 15 is 0 Å². The Balaban J connectivity index is 1.53. The van der Waals surface area contributed by atoms with Crippen LogP contribution < -0.4 is 0 Å². The molecule has 1 fully saturated rings. The number of aromatic nitrogens is 1. The number of carbonyl (C=O) groups is 1. The molecule has 0 spiro atoms. The molecule has 154 valence electrons. The normalized spacial score (nSPS) is 15.4. The fourth-order valence-corrected chi connectivity index (χ4v) is 4.17. The lowest BCUT2D eigenvalue weighted by Crippen LogP contribution is -2.40. The molecular formula is C25H27N3O2. The maximum Gasteiger partial charge on any atom is 0.222 e. The number of oxime groups is 1. The van der Waals surface area contributed by atoms with Gasteiger partial charge in [-0.1, -0.05) is 54.5 Å². The molecule has 2 heterocycles. The molecule has 30 heavy (non-hydrogen) atoms. The fourth-order valence-electron chi connectivity index (χ4n) is 4.17. The Kier molecular flexibility index (Phi) is 6.07. The summed E-state index contributed by atoms with van der Waals surface area (Å²) in [5.41, 5.74) is 5.32. The summed E-state index contributed by atoms with van der Waals surface area (Å²) >= 11 is 0. The number of pyridine rings is 1. The topological polar surface area (TPSA) is 54.8 Å². The molecule has 1 aliphatic heterocycles. The third-order valence-corrected chi connectivity index (χ3v) is 5.85. The Hall–Kier alpha value is -3.21. The minimum atomic E-state index is 0.230. The fraction of sp³-hybridized carbons (Fsp3) is 0.320. The standard InChI is InChI=1S/C25H27N3O2/c1-3-24(29)28-15-12-21(13-16-28)25(27-30-2)20-9-6-18(7-10-20)22-11-8-19-5-4-14-26-23(19)17-22/h4-11,14,17,21H,3,12-13,15-16H2,1-2H3. The first-order valence-corrected chi connectivity index (χ1v) is 10.5. The van der Waals surface area contributed by atoms with Crippen molar-refractivity contribution in [3.05, 3.63) is 66.4 Å². The quantitative estimate of drug-likeness (QED) is 0.451. The molecule has 0 bridgehead atoms. The van der Waals surface area contributed by atoms with Gasteiger partial charge in [0.1, 0.15) is 7.11 Å². The van der Waals surface area contributed by atoms with E-state index in [-0.39, 0.29) is 5.91 Å². The van der Waals surface area contributed by atoms with Crippen LogP contribution in [0, 0.1) is 5.92 Å². The monoisotopic (exact) mass is 401 g/mol. The summed E-state index contributed by atoms with van der Waals surface area (Å²) in [5, 5.41) is 5.49. The lowest BCUT2D eigenvalue weighted by molar-refractivity contribution is -0.131. The van der Waals surface area contributed by atoms with Crippen molar-refractivity contribution >= 4 is 22.5 Å². The molecule has 0 radical (unpaired) electrons. The average molecular weight is 402 g/mol. The highest BCUT2D eigenvalue weighted by molar-refractivity contribution is 6.02. The van der Waals surface area contributed by atoms with Crippen molar-refractivity contribution in [3.8, 4) is 11.1 Å². The highest BCUT2D eigenvalue weighted by atomic mass is 16.6. The summed E-state index contributed by atoms with van der Waals surface area (Å²) in [6, 6.07) is 18.9. The van der Waals surface area contributed by atoms with Crippen LogP contribution in [-0.4, -0.2) is 41.7 Å². The molecule has 1 aromatic heterocycles. The van der Waals surface area contributed by atoms with Crippen molar-refractivity contribution in [1.29, 1.82) is 0 Å². The Morgan fingerprint density at radius 2 is 1.83 bits per heavy atom. The molecule has 2 aromatic carbocycles. The second-order valence-electron chi connectivity index (χ2n) is 7.66. The summed E-state index contributed by atoms with van der Waals surface area (Å²) in [5.74, 6) is 0.523. The molecule has 1 amide bonds. The number of carbonyl (C=O) groups excluding carboxylic acids is 1. The molecule has 0 unspecified atom stereocenters. The van der Waals surface area contributed by atoms with Crippen LogP contribution in [0.4, 0.5) is 0 Å². The molecule has 4 rings (SSSR count). The number of benzene rings is 2. The van der Waals surface area contributed by atoms with Crippen molar-refractivity contribution in [1.82, 2.24) is 9.88 Å². The molecule has 0 atom stereocenters. The summed E-state index contributed by atoms with van der Waals surface area (Å²) in [7, 11) is 1.59. The van der Waals surface area contributed by atoms with Gasteiger partial charge in [0, 0.05) is 37.0 Å². The maximum absolute atomic E-state index is 12.0. The highest BCUT2D eigenvalue weighted by Crippen LogP contribution is 2.27. The first-order chi connectivity index (χ1) is 14.7. The van der Waals surface area contributed by atoms with Gasteiger partial charge in [-0.2, -0.15) is 0 Å². The minimum Gasteiger partial charge on any atom is -0.399 e. The Morgan fingerprint density at radius 3 is 2.53 bits per heavy atom. The van der Waals surface area contributed by atoms with Gasteiger partial charge in [0.15, 0.2) is 0 Å². The Labute approximate surface area is 177 Å². The SMILES string of the molecule is CCC(=O)N1CCC(C(=NOC)c2ccc(-c3ccc4cccnc4c3)cc2)CC1. The first kappa shape index (κ1) is 20.1. The average Bonchev–Trinajstić information content (AvgIpc) is 2.82. The lowest BCUT2D eigenvalue weighted by Gasteiger charge is -2.32. The maximum atomic E-state index is 12.0. The Bertz CT molecular complexity index is 1050. The predicted octanol–water partition coefficient (Wildman–Crippen LogP) is 4.90. The number of nitrogens with zero attached hydrogens (tertiary/aromatic N) is 3. The first-order valence-electron chi connectivity index (χ1n) is 10.5. The molecular weight excluding hydrogens is 374 g/mol. The summed E-state index contributed by atoms with van der Waals surface area (Å²) < 4.78 is 0. The van der Waals surface area contributed by atoms with Crippen LogP contribution >= 0.6 is 0 Å². The second-order valence-corrected chi connectivity index (χ2v) is 7.66. The van der Waals surface area contributed by atoms with Gasteiger partial charge in [-0.3, -0.25) is 9.78 Å². The third kappa shape index (κ3) is 4.20. The van der Waals surface area contributed by atoms with E-state index in [1.54, 1.807) is 7.11 Å². The molecule has 5 heteroatoms. The van der Waals surface area contributed by atoms with Gasteiger partial charge in [-0.25, -0.2) is 0 Å². The van der Waals surface area contributed by atoms with E-state index in [0.29, 0.717) is 12.3 Å². The van der Waals surface area contributed by atoms with Crippen molar-refractivity contribution < 1.29 is 9.63 Å². The van der Waals surface area contributed by atoms with Crippen LogP contribution in [0.1, 0.15) is 31.7 Å². The third-order valence-electron chi connectivity index (χ3n) is 5.85. The number of amides is 1. The minimum absolute atomic E-state index is 0.230. The number of rotatable bonds is 5. The van der Waals surface area contributed by atoms with E-state index in [1.165, 1.54) is 0 Å². The van der Waals surface area contributed by atoms with Gasteiger partial charge in [0.25, 0.3) is 0 Å². The number of likely N-dealkylation sites (tertiary alicyclic amines) is 1. The summed E-state index contributed by atoms with van der Waals surface area (Å²) in [4.78, 5) is 23.5. The van der Waals surface area contributed by atoms with Crippen LogP contribution in [0.25, 0.3) is 22.0 Å².